The summed E-state index contributed by atoms with van der Waals surface area (Å²) in [7, 11) is -4.02. The van der Waals surface area contributed by atoms with Gasteiger partial charge in [-0.05, 0) is 49.2 Å². The van der Waals surface area contributed by atoms with E-state index in [1.807, 2.05) is 0 Å². The van der Waals surface area contributed by atoms with Crippen molar-refractivity contribution in [2.24, 2.45) is 0 Å². The number of carboxylic acid groups (broad SMARTS) is 1. The first-order valence-electron chi connectivity index (χ1n) is 6.34. The van der Waals surface area contributed by atoms with Crippen LogP contribution in [0.1, 0.15) is 21.5 Å². The third-order valence-corrected chi connectivity index (χ3v) is 4.68. The molecule has 0 spiro atoms. The highest BCUT2D eigenvalue weighted by Crippen LogP contribution is 2.25. The topological polar surface area (TPSA) is 83.5 Å². The summed E-state index contributed by atoms with van der Waals surface area (Å²) in [5, 5.41) is 9.16. The molecule has 0 unspecified atom stereocenters. The quantitative estimate of drug-likeness (QED) is 0.906. The monoisotopic (exact) mass is 323 g/mol. The molecule has 2 rings (SSSR count). The van der Waals surface area contributed by atoms with Gasteiger partial charge in [-0.25, -0.2) is 17.6 Å². The maximum atomic E-state index is 13.1. The van der Waals surface area contributed by atoms with Crippen molar-refractivity contribution in [3.05, 3.63) is 58.9 Å². The Morgan fingerprint density at radius 3 is 2.41 bits per heavy atom. The summed E-state index contributed by atoms with van der Waals surface area (Å²) in [6.07, 6.45) is 0. The number of hydrogen-bond donors (Lipinski definition) is 2. The van der Waals surface area contributed by atoms with E-state index in [9.17, 15) is 17.6 Å². The molecular weight excluding hydrogens is 309 g/mol. The van der Waals surface area contributed by atoms with Crippen LogP contribution in [0.15, 0.2) is 41.3 Å². The van der Waals surface area contributed by atoms with Gasteiger partial charge in [0.25, 0.3) is 10.0 Å². The molecule has 0 aliphatic rings. The van der Waals surface area contributed by atoms with Gasteiger partial charge in [0.05, 0.1) is 16.1 Å². The Kier molecular flexibility index (Phi) is 4.18. The fourth-order valence-corrected chi connectivity index (χ4v) is 3.46. The Morgan fingerprint density at radius 2 is 1.82 bits per heavy atom. The molecule has 0 aliphatic heterocycles. The van der Waals surface area contributed by atoms with Crippen LogP contribution in [0.5, 0.6) is 0 Å². The molecule has 0 atom stereocenters. The number of benzene rings is 2. The molecule has 2 aromatic rings. The lowest BCUT2D eigenvalue weighted by atomic mass is 10.1. The molecule has 0 saturated carbocycles. The number of sulfonamides is 1. The average Bonchev–Trinajstić information content (AvgIpc) is 2.40. The fraction of sp³-hybridized carbons (Fsp3) is 0.133. The second kappa shape index (κ2) is 5.76. The average molecular weight is 323 g/mol. The molecule has 0 heterocycles. The Bertz CT molecular complexity index is 847. The van der Waals surface area contributed by atoms with Gasteiger partial charge >= 0.3 is 5.97 Å². The minimum Gasteiger partial charge on any atom is -0.478 e. The Hall–Kier alpha value is -2.41. The summed E-state index contributed by atoms with van der Waals surface area (Å²) in [6.45, 7) is 3.06. The predicted octanol–water partition coefficient (Wildman–Crippen LogP) is 2.94. The van der Waals surface area contributed by atoms with Crippen molar-refractivity contribution < 1.29 is 22.7 Å². The molecular formula is C15H14FNO4S. The SMILES string of the molecule is Cc1cc(F)ccc1S(=O)(=O)Nc1c(C)cccc1C(=O)O. The molecule has 0 radical (unpaired) electrons. The van der Waals surface area contributed by atoms with Crippen LogP contribution in [-0.4, -0.2) is 19.5 Å². The van der Waals surface area contributed by atoms with E-state index in [4.69, 9.17) is 5.11 Å². The highest BCUT2D eigenvalue weighted by atomic mass is 32.2. The number of aromatic carboxylic acids is 1. The highest BCUT2D eigenvalue weighted by molar-refractivity contribution is 7.92. The highest BCUT2D eigenvalue weighted by Gasteiger charge is 2.21. The first kappa shape index (κ1) is 16.0. The molecule has 5 nitrogen and oxygen atoms in total. The summed E-state index contributed by atoms with van der Waals surface area (Å²) in [5.41, 5.74) is 0.559. The van der Waals surface area contributed by atoms with Gasteiger partial charge in [-0.3, -0.25) is 4.72 Å². The number of carboxylic acids is 1. The van der Waals surface area contributed by atoms with E-state index in [1.165, 1.54) is 19.1 Å². The zero-order valence-electron chi connectivity index (χ0n) is 11.9. The summed E-state index contributed by atoms with van der Waals surface area (Å²) in [5.74, 6) is -1.78. The second-order valence-electron chi connectivity index (χ2n) is 4.82. The smallest absolute Gasteiger partial charge is 0.337 e. The summed E-state index contributed by atoms with van der Waals surface area (Å²) in [6, 6.07) is 7.72. The minimum absolute atomic E-state index is 0.00118. The van der Waals surface area contributed by atoms with Crippen LogP contribution >= 0.6 is 0 Å². The molecule has 0 aliphatic carbocycles. The van der Waals surface area contributed by atoms with Gasteiger partial charge < -0.3 is 5.11 Å². The lowest BCUT2D eigenvalue weighted by Gasteiger charge is -2.14. The van der Waals surface area contributed by atoms with Gasteiger partial charge in [-0.1, -0.05) is 12.1 Å². The lowest BCUT2D eigenvalue weighted by Crippen LogP contribution is -2.17. The summed E-state index contributed by atoms with van der Waals surface area (Å²) >= 11 is 0. The lowest BCUT2D eigenvalue weighted by molar-refractivity contribution is 0.0698. The molecule has 116 valence electrons. The van der Waals surface area contributed by atoms with Crippen molar-refractivity contribution >= 4 is 21.7 Å². The molecule has 0 saturated heterocycles. The third-order valence-electron chi connectivity index (χ3n) is 3.17. The molecule has 2 N–H and O–H groups in total. The van der Waals surface area contributed by atoms with E-state index >= 15 is 0 Å². The van der Waals surface area contributed by atoms with E-state index in [0.717, 1.165) is 18.2 Å². The Morgan fingerprint density at radius 1 is 1.14 bits per heavy atom. The van der Waals surface area contributed by atoms with Crippen molar-refractivity contribution in [1.82, 2.24) is 0 Å². The summed E-state index contributed by atoms with van der Waals surface area (Å²) in [4.78, 5) is 11.1. The van der Waals surface area contributed by atoms with Crippen LogP contribution in [0.25, 0.3) is 0 Å². The van der Waals surface area contributed by atoms with Gasteiger partial charge in [0, 0.05) is 0 Å². The van der Waals surface area contributed by atoms with Gasteiger partial charge in [-0.15, -0.1) is 0 Å². The van der Waals surface area contributed by atoms with Crippen molar-refractivity contribution in [2.75, 3.05) is 4.72 Å². The maximum absolute atomic E-state index is 13.1. The van der Waals surface area contributed by atoms with Crippen LogP contribution in [0, 0.1) is 19.7 Å². The van der Waals surface area contributed by atoms with Gasteiger partial charge in [0.2, 0.25) is 0 Å². The van der Waals surface area contributed by atoms with E-state index < -0.39 is 21.8 Å². The van der Waals surface area contributed by atoms with E-state index in [1.54, 1.807) is 13.0 Å². The molecule has 0 amide bonds. The molecule has 0 bridgehead atoms. The largest absolute Gasteiger partial charge is 0.478 e. The second-order valence-corrected chi connectivity index (χ2v) is 6.47. The van der Waals surface area contributed by atoms with E-state index in [-0.39, 0.29) is 21.7 Å². The van der Waals surface area contributed by atoms with Crippen LogP contribution in [0.4, 0.5) is 10.1 Å². The number of hydrogen-bond acceptors (Lipinski definition) is 3. The first-order valence-corrected chi connectivity index (χ1v) is 7.82. The zero-order chi connectivity index (χ0) is 16.5. The van der Waals surface area contributed by atoms with Crippen molar-refractivity contribution in [3.8, 4) is 0 Å². The van der Waals surface area contributed by atoms with Crippen LogP contribution in [0.3, 0.4) is 0 Å². The van der Waals surface area contributed by atoms with Crippen molar-refractivity contribution in [1.29, 1.82) is 0 Å². The molecule has 0 fully saturated rings. The van der Waals surface area contributed by atoms with Gasteiger partial charge in [0.15, 0.2) is 0 Å². The number of anilines is 1. The van der Waals surface area contributed by atoms with Crippen molar-refractivity contribution in [2.45, 2.75) is 18.7 Å². The maximum Gasteiger partial charge on any atom is 0.337 e. The molecule has 0 aromatic heterocycles. The zero-order valence-corrected chi connectivity index (χ0v) is 12.7. The van der Waals surface area contributed by atoms with Crippen LogP contribution in [0.2, 0.25) is 0 Å². The van der Waals surface area contributed by atoms with Gasteiger partial charge in [-0.2, -0.15) is 0 Å². The Labute approximate surface area is 127 Å². The predicted molar refractivity (Wildman–Crippen MR) is 80.1 cm³/mol. The molecule has 22 heavy (non-hydrogen) atoms. The van der Waals surface area contributed by atoms with Crippen molar-refractivity contribution in [3.63, 3.8) is 0 Å². The molecule has 2 aromatic carbocycles. The standard InChI is InChI=1S/C15H14FNO4S/c1-9-4-3-5-12(15(18)19)14(9)17-22(20,21)13-7-6-11(16)8-10(13)2/h3-8,17H,1-2H3,(H,18,19). The number of aryl methyl sites for hydroxylation is 2. The van der Waals surface area contributed by atoms with Crippen LogP contribution in [-0.2, 0) is 10.0 Å². The number of nitrogens with one attached hydrogen (secondary N) is 1. The number of halogens is 1. The van der Waals surface area contributed by atoms with E-state index in [0.29, 0.717) is 5.56 Å². The number of para-hydroxylation sites is 1. The first-order chi connectivity index (χ1) is 10.2. The normalized spacial score (nSPS) is 11.2. The fourth-order valence-electron chi connectivity index (χ4n) is 2.09. The summed E-state index contributed by atoms with van der Waals surface area (Å²) < 4.78 is 40.3. The van der Waals surface area contributed by atoms with Crippen LogP contribution < -0.4 is 4.72 Å². The van der Waals surface area contributed by atoms with Gasteiger partial charge in [0.1, 0.15) is 5.82 Å². The number of carbonyl (C=O) groups is 1. The third kappa shape index (κ3) is 3.09. The Balaban J connectivity index is 2.52. The molecule has 7 heteroatoms. The number of rotatable bonds is 4. The van der Waals surface area contributed by atoms with E-state index in [2.05, 4.69) is 4.72 Å². The minimum atomic E-state index is -4.02.